The summed E-state index contributed by atoms with van der Waals surface area (Å²) in [6.45, 7) is 7.44. The Hall–Kier alpha value is -0.940. The number of nitrogens with two attached hydrogens (primary N) is 1. The number of thiazole rings is 1. The van der Waals surface area contributed by atoms with E-state index in [9.17, 15) is 4.79 Å². The lowest BCUT2D eigenvalue weighted by atomic mass is 9.92. The Morgan fingerprint density at radius 3 is 2.83 bits per heavy atom. The average Bonchev–Trinajstić information content (AvgIpc) is 2.67. The van der Waals surface area contributed by atoms with Crippen molar-refractivity contribution in [3.8, 4) is 0 Å². The summed E-state index contributed by atoms with van der Waals surface area (Å²) in [7, 11) is 0. The van der Waals surface area contributed by atoms with Gasteiger partial charge in [0.05, 0.1) is 10.7 Å². The van der Waals surface area contributed by atoms with Crippen LogP contribution in [0.15, 0.2) is 0 Å². The van der Waals surface area contributed by atoms with E-state index in [1.807, 2.05) is 18.7 Å². The summed E-state index contributed by atoms with van der Waals surface area (Å²) >= 11 is 1.49. The predicted octanol–water partition coefficient (Wildman–Crippen LogP) is 1.96. The molecular formula is C13H21N3OS. The first-order valence-electron chi connectivity index (χ1n) is 6.48. The Kier molecular flexibility index (Phi) is 4.02. The molecule has 1 saturated heterocycles. The van der Waals surface area contributed by atoms with E-state index in [0.717, 1.165) is 35.0 Å². The predicted molar refractivity (Wildman–Crippen MR) is 73.9 cm³/mol. The minimum Gasteiger partial charge on any atom is -0.334 e. The van der Waals surface area contributed by atoms with Gasteiger partial charge in [0.25, 0.3) is 5.91 Å². The van der Waals surface area contributed by atoms with E-state index in [1.54, 1.807) is 0 Å². The van der Waals surface area contributed by atoms with Crippen LogP contribution in [0.3, 0.4) is 0 Å². The standard InChI is InChI=1S/C13H21N3OS/c1-8-4-5-16(11(6-8)7-14)13(17)12-9(2)15-10(3)18-12/h8,11H,4-7,14H2,1-3H3. The van der Waals surface area contributed by atoms with E-state index in [2.05, 4.69) is 11.9 Å². The van der Waals surface area contributed by atoms with Gasteiger partial charge in [-0.15, -0.1) is 11.3 Å². The van der Waals surface area contributed by atoms with Crippen molar-refractivity contribution in [1.82, 2.24) is 9.88 Å². The number of amides is 1. The maximum Gasteiger partial charge on any atom is 0.266 e. The lowest BCUT2D eigenvalue weighted by molar-refractivity contribution is 0.0577. The number of piperidine rings is 1. The van der Waals surface area contributed by atoms with E-state index in [0.29, 0.717) is 12.5 Å². The van der Waals surface area contributed by atoms with Crippen molar-refractivity contribution in [2.24, 2.45) is 11.7 Å². The molecule has 0 saturated carbocycles. The highest BCUT2D eigenvalue weighted by Gasteiger charge is 2.31. The van der Waals surface area contributed by atoms with Gasteiger partial charge in [-0.2, -0.15) is 0 Å². The smallest absolute Gasteiger partial charge is 0.266 e. The number of nitrogens with zero attached hydrogens (tertiary/aromatic N) is 2. The van der Waals surface area contributed by atoms with E-state index in [-0.39, 0.29) is 11.9 Å². The molecule has 2 heterocycles. The van der Waals surface area contributed by atoms with Crippen molar-refractivity contribution in [2.45, 2.75) is 39.7 Å². The Balaban J connectivity index is 2.20. The molecule has 1 aromatic rings. The van der Waals surface area contributed by atoms with Gasteiger partial charge < -0.3 is 10.6 Å². The maximum absolute atomic E-state index is 12.6. The highest BCUT2D eigenvalue weighted by atomic mass is 32.1. The first-order chi connectivity index (χ1) is 8.52. The lowest BCUT2D eigenvalue weighted by Gasteiger charge is -2.37. The Morgan fingerprint density at radius 2 is 2.28 bits per heavy atom. The van der Waals surface area contributed by atoms with Crippen LogP contribution in [0, 0.1) is 19.8 Å². The van der Waals surface area contributed by atoms with Gasteiger partial charge in [0.2, 0.25) is 0 Å². The van der Waals surface area contributed by atoms with Crippen molar-refractivity contribution >= 4 is 17.2 Å². The van der Waals surface area contributed by atoms with E-state index < -0.39 is 0 Å². The molecule has 1 amide bonds. The van der Waals surface area contributed by atoms with Crippen molar-refractivity contribution in [3.05, 3.63) is 15.6 Å². The molecular weight excluding hydrogens is 246 g/mol. The van der Waals surface area contributed by atoms with Gasteiger partial charge in [-0.25, -0.2) is 4.98 Å². The van der Waals surface area contributed by atoms with Gasteiger partial charge >= 0.3 is 0 Å². The van der Waals surface area contributed by atoms with Crippen LogP contribution in [0.2, 0.25) is 0 Å². The minimum absolute atomic E-state index is 0.112. The summed E-state index contributed by atoms with van der Waals surface area (Å²) in [6, 6.07) is 0.183. The fourth-order valence-electron chi connectivity index (χ4n) is 2.60. The zero-order chi connectivity index (χ0) is 13.3. The summed E-state index contributed by atoms with van der Waals surface area (Å²) in [6.07, 6.45) is 2.08. The molecule has 1 aliphatic heterocycles. The molecule has 2 atom stereocenters. The Bertz CT molecular complexity index is 443. The maximum atomic E-state index is 12.6. The topological polar surface area (TPSA) is 59.2 Å². The van der Waals surface area contributed by atoms with Gasteiger partial charge in [0.1, 0.15) is 4.88 Å². The lowest BCUT2D eigenvalue weighted by Crippen LogP contribution is -2.49. The number of carbonyl (C=O) groups is 1. The third-order valence-electron chi connectivity index (χ3n) is 3.61. The summed E-state index contributed by atoms with van der Waals surface area (Å²) in [5, 5.41) is 0.950. The van der Waals surface area contributed by atoms with E-state index in [1.165, 1.54) is 11.3 Å². The second-order valence-corrected chi connectivity index (χ2v) is 6.37. The molecule has 1 aliphatic rings. The number of rotatable bonds is 2. The highest BCUT2D eigenvalue weighted by molar-refractivity contribution is 7.13. The number of hydrogen-bond acceptors (Lipinski definition) is 4. The van der Waals surface area contributed by atoms with Crippen LogP contribution in [0.4, 0.5) is 0 Å². The second-order valence-electron chi connectivity index (χ2n) is 5.17. The monoisotopic (exact) mass is 267 g/mol. The second kappa shape index (κ2) is 5.36. The molecule has 0 radical (unpaired) electrons. The van der Waals surface area contributed by atoms with Crippen molar-refractivity contribution in [2.75, 3.05) is 13.1 Å². The quantitative estimate of drug-likeness (QED) is 0.891. The van der Waals surface area contributed by atoms with Crippen LogP contribution in [-0.4, -0.2) is 34.9 Å². The van der Waals surface area contributed by atoms with E-state index in [4.69, 9.17) is 5.73 Å². The van der Waals surface area contributed by atoms with Gasteiger partial charge in [-0.05, 0) is 32.6 Å². The van der Waals surface area contributed by atoms with Gasteiger partial charge in [0.15, 0.2) is 0 Å². The number of aromatic nitrogens is 1. The average molecular weight is 267 g/mol. The van der Waals surface area contributed by atoms with Crippen LogP contribution in [0.1, 0.15) is 40.1 Å². The summed E-state index contributed by atoms with van der Waals surface area (Å²) in [4.78, 5) is 19.6. The largest absolute Gasteiger partial charge is 0.334 e. The summed E-state index contributed by atoms with van der Waals surface area (Å²) < 4.78 is 0. The van der Waals surface area contributed by atoms with E-state index >= 15 is 0 Å². The normalized spacial score (nSPS) is 24.3. The molecule has 1 aromatic heterocycles. The third-order valence-corrected chi connectivity index (χ3v) is 4.67. The molecule has 2 rings (SSSR count). The van der Waals surface area contributed by atoms with Crippen LogP contribution in [0.25, 0.3) is 0 Å². The zero-order valence-electron chi connectivity index (χ0n) is 11.3. The first-order valence-corrected chi connectivity index (χ1v) is 7.29. The Labute approximate surface area is 112 Å². The molecule has 0 bridgehead atoms. The van der Waals surface area contributed by atoms with Crippen LogP contribution in [-0.2, 0) is 0 Å². The molecule has 4 nitrogen and oxygen atoms in total. The molecule has 0 aromatic carbocycles. The number of likely N-dealkylation sites (tertiary alicyclic amines) is 1. The third kappa shape index (κ3) is 2.57. The molecule has 5 heteroatoms. The Morgan fingerprint density at radius 1 is 1.56 bits per heavy atom. The molecule has 18 heavy (non-hydrogen) atoms. The van der Waals surface area contributed by atoms with Crippen molar-refractivity contribution < 1.29 is 4.79 Å². The minimum atomic E-state index is 0.112. The van der Waals surface area contributed by atoms with Crippen LogP contribution in [0.5, 0.6) is 0 Å². The van der Waals surface area contributed by atoms with Crippen molar-refractivity contribution in [1.29, 1.82) is 0 Å². The molecule has 1 fully saturated rings. The van der Waals surface area contributed by atoms with Crippen LogP contribution >= 0.6 is 11.3 Å². The molecule has 2 N–H and O–H groups in total. The van der Waals surface area contributed by atoms with Crippen molar-refractivity contribution in [3.63, 3.8) is 0 Å². The number of hydrogen-bond donors (Lipinski definition) is 1. The molecule has 0 aliphatic carbocycles. The highest BCUT2D eigenvalue weighted by Crippen LogP contribution is 2.26. The first kappa shape index (κ1) is 13.5. The van der Waals surface area contributed by atoms with Gasteiger partial charge in [-0.1, -0.05) is 6.92 Å². The number of aryl methyl sites for hydroxylation is 2. The SMILES string of the molecule is Cc1nc(C)c(C(=O)N2CCC(C)CC2CN)s1. The summed E-state index contributed by atoms with van der Waals surface area (Å²) in [5.74, 6) is 0.771. The number of carbonyl (C=O) groups excluding carboxylic acids is 1. The fraction of sp³-hybridized carbons (Fsp3) is 0.692. The van der Waals surface area contributed by atoms with Gasteiger partial charge in [0, 0.05) is 19.1 Å². The molecule has 2 unspecified atom stereocenters. The molecule has 100 valence electrons. The molecule has 0 spiro atoms. The summed E-state index contributed by atoms with van der Waals surface area (Å²) in [5.41, 5.74) is 6.65. The zero-order valence-corrected chi connectivity index (χ0v) is 12.1. The van der Waals surface area contributed by atoms with Crippen LogP contribution < -0.4 is 5.73 Å². The fourth-order valence-corrected chi connectivity index (χ4v) is 3.48. The van der Waals surface area contributed by atoms with Gasteiger partial charge in [-0.3, -0.25) is 4.79 Å².